The van der Waals surface area contributed by atoms with Gasteiger partial charge in [0, 0.05) is 6.04 Å². The lowest BCUT2D eigenvalue weighted by molar-refractivity contribution is 0.0988. The van der Waals surface area contributed by atoms with E-state index in [9.17, 15) is 0 Å². The lowest BCUT2D eigenvalue weighted by Crippen LogP contribution is -2.46. The molecule has 1 nitrogen and oxygen atoms in total. The number of benzene rings is 1. The Bertz CT molecular complexity index is 470. The maximum absolute atomic E-state index is 6.16. The minimum atomic E-state index is 0.418. The van der Waals surface area contributed by atoms with Crippen molar-refractivity contribution in [1.82, 2.24) is 5.32 Å². The van der Waals surface area contributed by atoms with E-state index in [1.807, 2.05) is 12.1 Å². The van der Waals surface area contributed by atoms with Crippen molar-refractivity contribution in [2.45, 2.75) is 58.9 Å². The van der Waals surface area contributed by atoms with Crippen LogP contribution < -0.4 is 5.32 Å². The fourth-order valence-corrected chi connectivity index (χ4v) is 4.13. The maximum atomic E-state index is 6.16. The molecule has 1 saturated carbocycles. The van der Waals surface area contributed by atoms with Crippen molar-refractivity contribution < 1.29 is 0 Å². The van der Waals surface area contributed by atoms with E-state index in [0.29, 0.717) is 21.5 Å². The molecule has 1 aromatic carbocycles. The van der Waals surface area contributed by atoms with E-state index in [-0.39, 0.29) is 0 Å². The van der Waals surface area contributed by atoms with Crippen molar-refractivity contribution in [2.24, 2.45) is 11.3 Å². The second-order valence-corrected chi connectivity index (χ2v) is 7.77. The molecule has 21 heavy (non-hydrogen) atoms. The summed E-state index contributed by atoms with van der Waals surface area (Å²) in [7, 11) is 0. The van der Waals surface area contributed by atoms with Crippen LogP contribution in [-0.4, -0.2) is 12.6 Å². The van der Waals surface area contributed by atoms with Crippen molar-refractivity contribution in [3.63, 3.8) is 0 Å². The van der Waals surface area contributed by atoms with E-state index < -0.39 is 0 Å². The van der Waals surface area contributed by atoms with E-state index in [4.69, 9.17) is 23.2 Å². The molecule has 2 atom stereocenters. The summed E-state index contributed by atoms with van der Waals surface area (Å²) in [5, 5.41) is 5.01. The summed E-state index contributed by atoms with van der Waals surface area (Å²) in [5.41, 5.74) is 1.69. The summed E-state index contributed by atoms with van der Waals surface area (Å²) < 4.78 is 0. The van der Waals surface area contributed by atoms with Crippen molar-refractivity contribution in [1.29, 1.82) is 0 Å². The van der Waals surface area contributed by atoms with Gasteiger partial charge in [-0.05, 0) is 54.8 Å². The average molecular weight is 328 g/mol. The summed E-state index contributed by atoms with van der Waals surface area (Å²) in [6, 6.07) is 6.55. The van der Waals surface area contributed by atoms with E-state index >= 15 is 0 Å². The Hall–Kier alpha value is -0.240. The van der Waals surface area contributed by atoms with Crippen molar-refractivity contribution in [3.05, 3.63) is 33.8 Å². The normalized spacial score (nSPS) is 23.0. The van der Waals surface area contributed by atoms with Gasteiger partial charge in [0.25, 0.3) is 0 Å². The highest BCUT2D eigenvalue weighted by Gasteiger charge is 2.37. The molecule has 0 spiro atoms. The highest BCUT2D eigenvalue weighted by molar-refractivity contribution is 6.42. The van der Waals surface area contributed by atoms with E-state index in [1.54, 1.807) is 0 Å². The number of hydrogen-bond donors (Lipinski definition) is 1. The van der Waals surface area contributed by atoms with Gasteiger partial charge in [-0.25, -0.2) is 0 Å². The predicted octanol–water partition coefficient (Wildman–Crippen LogP) is 5.73. The molecular formula is C18H27Cl2N. The Morgan fingerprint density at radius 1 is 1.24 bits per heavy atom. The first-order valence-corrected chi connectivity index (χ1v) is 8.87. The van der Waals surface area contributed by atoms with Gasteiger partial charge in [-0.2, -0.15) is 0 Å². The zero-order valence-corrected chi connectivity index (χ0v) is 14.9. The molecular weight excluding hydrogens is 301 g/mol. The first-order valence-electron chi connectivity index (χ1n) is 8.11. The van der Waals surface area contributed by atoms with Gasteiger partial charge in [0.1, 0.15) is 0 Å². The van der Waals surface area contributed by atoms with Crippen molar-refractivity contribution in [2.75, 3.05) is 6.54 Å². The van der Waals surface area contributed by atoms with Crippen molar-refractivity contribution in [3.8, 4) is 0 Å². The lowest BCUT2D eigenvalue weighted by Gasteiger charge is -2.43. The molecule has 0 saturated heterocycles. The summed E-state index contributed by atoms with van der Waals surface area (Å²) in [6.45, 7) is 8.06. The highest BCUT2D eigenvalue weighted by Crippen LogP contribution is 2.43. The minimum absolute atomic E-state index is 0.418. The average Bonchev–Trinajstić information content (AvgIpc) is 2.42. The number of nitrogens with one attached hydrogen (secondary N) is 1. The van der Waals surface area contributed by atoms with Gasteiger partial charge in [-0.3, -0.25) is 0 Å². The molecule has 118 valence electrons. The van der Waals surface area contributed by atoms with E-state index in [0.717, 1.165) is 18.9 Å². The van der Waals surface area contributed by atoms with Gasteiger partial charge in [0.2, 0.25) is 0 Å². The standard InChI is InChI=1S/C18H27Cl2N/c1-4-21-17(14-7-5-6-10-18(14,2)3)12-13-8-9-15(19)16(20)11-13/h8-9,11,14,17,21H,4-7,10,12H2,1-3H3. The van der Waals surface area contributed by atoms with Gasteiger partial charge in [0.15, 0.2) is 0 Å². The van der Waals surface area contributed by atoms with Crippen LogP contribution in [0.1, 0.15) is 52.0 Å². The smallest absolute Gasteiger partial charge is 0.0595 e. The molecule has 0 radical (unpaired) electrons. The molecule has 0 aromatic heterocycles. The highest BCUT2D eigenvalue weighted by atomic mass is 35.5. The van der Waals surface area contributed by atoms with Gasteiger partial charge in [-0.1, -0.05) is 62.9 Å². The fraction of sp³-hybridized carbons (Fsp3) is 0.667. The van der Waals surface area contributed by atoms with Crippen LogP contribution in [0.4, 0.5) is 0 Å². The summed E-state index contributed by atoms with van der Waals surface area (Å²) in [6.07, 6.45) is 6.41. The first kappa shape index (κ1) is 17.1. The number of halogens is 2. The third kappa shape index (κ3) is 4.37. The second kappa shape index (κ2) is 7.35. The fourth-order valence-electron chi connectivity index (χ4n) is 3.81. The predicted molar refractivity (Wildman–Crippen MR) is 93.4 cm³/mol. The monoisotopic (exact) mass is 327 g/mol. The third-order valence-corrected chi connectivity index (χ3v) is 5.72. The zero-order valence-electron chi connectivity index (χ0n) is 13.4. The van der Waals surface area contributed by atoms with Gasteiger partial charge >= 0.3 is 0 Å². The van der Waals surface area contributed by atoms with Gasteiger partial charge < -0.3 is 5.32 Å². The summed E-state index contributed by atoms with van der Waals surface area (Å²) >= 11 is 12.2. The van der Waals surface area contributed by atoms with E-state index in [1.165, 1.54) is 31.2 Å². The zero-order chi connectivity index (χ0) is 15.5. The van der Waals surface area contributed by atoms with Crippen LogP contribution in [0.2, 0.25) is 10.0 Å². The second-order valence-electron chi connectivity index (χ2n) is 6.96. The molecule has 1 aromatic rings. The SMILES string of the molecule is CCNC(Cc1ccc(Cl)c(Cl)c1)C1CCCCC1(C)C. The first-order chi connectivity index (χ1) is 9.94. The lowest BCUT2D eigenvalue weighted by atomic mass is 9.65. The molecule has 0 aliphatic heterocycles. The maximum Gasteiger partial charge on any atom is 0.0595 e. The summed E-state index contributed by atoms with van der Waals surface area (Å²) in [5.74, 6) is 0.723. The molecule has 0 amide bonds. The molecule has 1 N–H and O–H groups in total. The minimum Gasteiger partial charge on any atom is -0.314 e. The van der Waals surface area contributed by atoms with Crippen LogP contribution in [0, 0.1) is 11.3 Å². The Morgan fingerprint density at radius 2 is 2.00 bits per heavy atom. The van der Waals surface area contributed by atoms with Crippen LogP contribution in [0.5, 0.6) is 0 Å². The van der Waals surface area contributed by atoms with E-state index in [2.05, 4.69) is 32.2 Å². The number of likely N-dealkylation sites (N-methyl/N-ethyl adjacent to an activating group) is 1. The van der Waals surface area contributed by atoms with Crippen LogP contribution in [-0.2, 0) is 6.42 Å². The molecule has 1 aliphatic carbocycles. The van der Waals surface area contributed by atoms with Crippen molar-refractivity contribution >= 4 is 23.2 Å². The van der Waals surface area contributed by atoms with Crippen LogP contribution in [0.3, 0.4) is 0 Å². The van der Waals surface area contributed by atoms with Gasteiger partial charge in [0.05, 0.1) is 10.0 Å². The quantitative estimate of drug-likeness (QED) is 0.728. The number of hydrogen-bond acceptors (Lipinski definition) is 1. The largest absolute Gasteiger partial charge is 0.314 e. The topological polar surface area (TPSA) is 12.0 Å². The van der Waals surface area contributed by atoms with Crippen LogP contribution in [0.15, 0.2) is 18.2 Å². The Morgan fingerprint density at radius 3 is 2.62 bits per heavy atom. The third-order valence-electron chi connectivity index (χ3n) is 4.98. The molecule has 2 unspecified atom stereocenters. The van der Waals surface area contributed by atoms with Crippen LogP contribution >= 0.6 is 23.2 Å². The Balaban J connectivity index is 2.16. The molecule has 0 heterocycles. The van der Waals surface area contributed by atoms with Gasteiger partial charge in [-0.15, -0.1) is 0 Å². The number of rotatable bonds is 5. The molecule has 1 aliphatic rings. The molecule has 1 fully saturated rings. The Labute approximate surface area is 139 Å². The summed E-state index contributed by atoms with van der Waals surface area (Å²) in [4.78, 5) is 0. The molecule has 2 rings (SSSR count). The van der Waals surface area contributed by atoms with Crippen LogP contribution in [0.25, 0.3) is 0 Å². The molecule has 3 heteroatoms. The molecule has 0 bridgehead atoms. The Kier molecular flexibility index (Phi) is 5.99.